The van der Waals surface area contributed by atoms with Gasteiger partial charge in [-0.25, -0.2) is 0 Å². The smallest absolute Gasteiger partial charge is 0.0659 e. The maximum Gasteiger partial charge on any atom is 0.0659 e. The van der Waals surface area contributed by atoms with Gasteiger partial charge in [0.15, 0.2) is 0 Å². The van der Waals surface area contributed by atoms with Gasteiger partial charge in [-0.1, -0.05) is 12.8 Å². The first kappa shape index (κ1) is 15.3. The van der Waals surface area contributed by atoms with Crippen LogP contribution in [0.2, 0.25) is 0 Å². The largest absolute Gasteiger partial charge is 0.309 e. The molecule has 4 heteroatoms. The van der Waals surface area contributed by atoms with Crippen molar-refractivity contribution in [3.05, 3.63) is 19.4 Å². The zero-order valence-electron chi connectivity index (χ0n) is 12.3. The molecule has 1 aromatic rings. The summed E-state index contributed by atoms with van der Waals surface area (Å²) >= 11 is 4.46. The summed E-state index contributed by atoms with van der Waals surface area (Å²) in [6, 6.07) is 3.86. The van der Waals surface area contributed by atoms with E-state index in [1.54, 1.807) is 10.4 Å². The highest BCUT2D eigenvalue weighted by Crippen LogP contribution is 2.36. The summed E-state index contributed by atoms with van der Waals surface area (Å²) in [5.41, 5.74) is 1.59. The van der Waals surface area contributed by atoms with E-state index >= 15 is 0 Å². The van der Waals surface area contributed by atoms with E-state index < -0.39 is 0 Å². The van der Waals surface area contributed by atoms with Crippen molar-refractivity contribution in [3.63, 3.8) is 0 Å². The Bertz CT molecular complexity index is 440. The Morgan fingerprint density at radius 2 is 2.10 bits per heavy atom. The van der Waals surface area contributed by atoms with Gasteiger partial charge in [0.25, 0.3) is 0 Å². The minimum Gasteiger partial charge on any atom is -0.309 e. The first-order chi connectivity index (χ1) is 9.74. The average Bonchev–Trinajstić information content (AvgIpc) is 3.06. The molecule has 0 amide bonds. The average molecular weight is 404 g/mol. The van der Waals surface area contributed by atoms with E-state index in [1.165, 1.54) is 54.4 Å². The van der Waals surface area contributed by atoms with Gasteiger partial charge in [0.1, 0.15) is 0 Å². The second kappa shape index (κ2) is 7.07. The lowest BCUT2D eigenvalue weighted by molar-refractivity contribution is 0.240. The Labute approximate surface area is 140 Å². The highest BCUT2D eigenvalue weighted by molar-refractivity contribution is 14.1. The van der Waals surface area contributed by atoms with Crippen LogP contribution in [-0.4, -0.2) is 31.1 Å². The number of hydrogen-bond donors (Lipinski definition) is 1. The molecule has 1 atom stereocenters. The molecule has 1 heterocycles. The molecule has 1 unspecified atom stereocenters. The van der Waals surface area contributed by atoms with E-state index in [9.17, 15) is 0 Å². The molecular formula is C16H25IN2S. The predicted octanol–water partition coefficient (Wildman–Crippen LogP) is 4.19. The molecule has 2 aliphatic carbocycles. The number of likely N-dealkylation sites (N-methyl/N-ethyl adjacent to an activating group) is 1. The number of nitrogens with one attached hydrogen (secondary N) is 1. The molecule has 2 nitrogen and oxygen atoms in total. The van der Waals surface area contributed by atoms with Crippen molar-refractivity contribution in [3.8, 4) is 0 Å². The SMILES string of the molecule is CN(CCNC1CCCc2sc(I)cc21)C1CCCC1. The number of rotatable bonds is 5. The molecule has 0 spiro atoms. The lowest BCUT2D eigenvalue weighted by atomic mass is 9.94. The van der Waals surface area contributed by atoms with Gasteiger partial charge in [0.05, 0.1) is 2.88 Å². The molecule has 1 aromatic heterocycles. The number of nitrogens with zero attached hydrogens (tertiary/aromatic N) is 1. The molecule has 112 valence electrons. The van der Waals surface area contributed by atoms with E-state index in [0.717, 1.165) is 12.6 Å². The van der Waals surface area contributed by atoms with Crippen LogP contribution in [0.5, 0.6) is 0 Å². The fraction of sp³-hybridized carbons (Fsp3) is 0.750. The minimum absolute atomic E-state index is 0.607. The molecular weight excluding hydrogens is 379 g/mol. The number of fused-ring (bicyclic) bond motifs is 1. The highest BCUT2D eigenvalue weighted by Gasteiger charge is 2.23. The van der Waals surface area contributed by atoms with Gasteiger partial charge in [0.2, 0.25) is 0 Å². The van der Waals surface area contributed by atoms with Crippen LogP contribution in [0.25, 0.3) is 0 Å². The van der Waals surface area contributed by atoms with Crippen LogP contribution in [0.1, 0.15) is 55.0 Å². The third kappa shape index (κ3) is 3.57. The van der Waals surface area contributed by atoms with Gasteiger partial charge in [0, 0.05) is 30.1 Å². The number of hydrogen-bond acceptors (Lipinski definition) is 3. The summed E-state index contributed by atoms with van der Waals surface area (Å²) in [6.45, 7) is 2.32. The molecule has 0 radical (unpaired) electrons. The van der Waals surface area contributed by atoms with Gasteiger partial charge in [-0.2, -0.15) is 0 Å². The Morgan fingerprint density at radius 3 is 2.90 bits per heavy atom. The molecule has 2 aliphatic rings. The Hall–Kier alpha value is 0.350. The van der Waals surface area contributed by atoms with E-state index in [4.69, 9.17) is 0 Å². The van der Waals surface area contributed by atoms with Crippen LogP contribution in [0.4, 0.5) is 0 Å². The normalized spacial score (nSPS) is 23.4. The summed E-state index contributed by atoms with van der Waals surface area (Å²) in [5, 5.41) is 3.81. The summed E-state index contributed by atoms with van der Waals surface area (Å²) in [6.07, 6.45) is 9.64. The Morgan fingerprint density at radius 1 is 1.30 bits per heavy atom. The van der Waals surface area contributed by atoms with Crippen molar-refractivity contribution in [2.75, 3.05) is 20.1 Å². The molecule has 1 N–H and O–H groups in total. The van der Waals surface area contributed by atoms with Gasteiger partial charge >= 0.3 is 0 Å². The number of halogens is 1. The lowest BCUT2D eigenvalue weighted by Gasteiger charge is -2.27. The van der Waals surface area contributed by atoms with E-state index in [1.807, 2.05) is 11.3 Å². The summed E-state index contributed by atoms with van der Waals surface area (Å²) in [4.78, 5) is 4.20. The van der Waals surface area contributed by atoms with Crippen LogP contribution in [0.3, 0.4) is 0 Å². The lowest BCUT2D eigenvalue weighted by Crippen LogP contribution is -2.37. The van der Waals surface area contributed by atoms with Crippen molar-refractivity contribution in [2.45, 2.75) is 57.0 Å². The van der Waals surface area contributed by atoms with Crippen LogP contribution in [-0.2, 0) is 6.42 Å². The predicted molar refractivity (Wildman–Crippen MR) is 95.6 cm³/mol. The maximum absolute atomic E-state index is 3.81. The third-order valence-corrected chi connectivity index (χ3v) is 6.86. The molecule has 20 heavy (non-hydrogen) atoms. The third-order valence-electron chi connectivity index (χ3n) is 4.89. The van der Waals surface area contributed by atoms with Crippen molar-refractivity contribution in [2.24, 2.45) is 0 Å². The van der Waals surface area contributed by atoms with Gasteiger partial charge in [-0.15, -0.1) is 11.3 Å². The summed E-state index contributed by atoms with van der Waals surface area (Å²) in [7, 11) is 2.30. The number of thiophene rings is 1. The van der Waals surface area contributed by atoms with E-state index in [0.29, 0.717) is 6.04 Å². The first-order valence-electron chi connectivity index (χ1n) is 7.96. The standard InChI is InChI=1S/C16H25IN2S/c1-19(12-5-2-3-6-12)10-9-18-14-7-4-8-15-13(14)11-16(17)20-15/h11-12,14,18H,2-10H2,1H3. The second-order valence-electron chi connectivity index (χ2n) is 6.25. The first-order valence-corrected chi connectivity index (χ1v) is 9.85. The molecule has 1 fully saturated rings. The molecule has 3 rings (SSSR count). The zero-order valence-corrected chi connectivity index (χ0v) is 15.3. The maximum atomic E-state index is 3.81. The molecule has 0 aliphatic heterocycles. The highest BCUT2D eigenvalue weighted by atomic mass is 127. The van der Waals surface area contributed by atoms with Crippen molar-refractivity contribution >= 4 is 33.9 Å². The van der Waals surface area contributed by atoms with Crippen LogP contribution < -0.4 is 5.32 Å². The molecule has 1 saturated carbocycles. The summed E-state index contributed by atoms with van der Waals surface area (Å²) < 4.78 is 1.45. The van der Waals surface area contributed by atoms with Crippen molar-refractivity contribution in [1.29, 1.82) is 0 Å². The zero-order chi connectivity index (χ0) is 13.9. The van der Waals surface area contributed by atoms with Crippen LogP contribution >= 0.6 is 33.9 Å². The van der Waals surface area contributed by atoms with Crippen LogP contribution in [0.15, 0.2) is 6.07 Å². The van der Waals surface area contributed by atoms with Gasteiger partial charge in [-0.05, 0) is 73.4 Å². The van der Waals surface area contributed by atoms with Crippen molar-refractivity contribution < 1.29 is 0 Å². The monoisotopic (exact) mass is 404 g/mol. The molecule has 0 bridgehead atoms. The van der Waals surface area contributed by atoms with Crippen LogP contribution in [0, 0.1) is 2.88 Å². The topological polar surface area (TPSA) is 15.3 Å². The fourth-order valence-corrected chi connectivity index (χ4v) is 5.80. The van der Waals surface area contributed by atoms with Gasteiger partial charge < -0.3 is 10.2 Å². The second-order valence-corrected chi connectivity index (χ2v) is 9.28. The summed E-state index contributed by atoms with van der Waals surface area (Å²) in [5.74, 6) is 0. The molecule has 0 aromatic carbocycles. The van der Waals surface area contributed by atoms with E-state index in [2.05, 4.69) is 45.9 Å². The molecule has 0 saturated heterocycles. The Balaban J connectivity index is 1.49. The van der Waals surface area contributed by atoms with Crippen molar-refractivity contribution in [1.82, 2.24) is 10.2 Å². The number of aryl methyl sites for hydroxylation is 1. The fourth-order valence-electron chi connectivity index (χ4n) is 3.68. The van der Waals surface area contributed by atoms with Gasteiger partial charge in [-0.3, -0.25) is 0 Å². The Kier molecular flexibility index (Phi) is 5.39. The van der Waals surface area contributed by atoms with E-state index in [-0.39, 0.29) is 0 Å². The quantitative estimate of drug-likeness (QED) is 0.741. The minimum atomic E-state index is 0.607.